The quantitative estimate of drug-likeness (QED) is 0.524. The van der Waals surface area contributed by atoms with E-state index in [4.69, 9.17) is 0 Å². The van der Waals surface area contributed by atoms with Crippen LogP contribution in [0, 0.1) is 12.7 Å². The van der Waals surface area contributed by atoms with E-state index in [1.54, 1.807) is 0 Å². The number of H-pyrrole nitrogens is 1. The molecule has 0 aliphatic heterocycles. The van der Waals surface area contributed by atoms with Crippen LogP contribution >= 0.6 is 0 Å². The molecule has 1 N–H and O–H groups in total. The van der Waals surface area contributed by atoms with Crippen molar-refractivity contribution >= 4 is 17.3 Å². The number of carbonyl (C=O) groups excluding carboxylic acids is 1. The van der Waals surface area contributed by atoms with Gasteiger partial charge in [0, 0.05) is 23.7 Å². The van der Waals surface area contributed by atoms with Crippen molar-refractivity contribution < 1.29 is 9.18 Å². The molecule has 0 aliphatic carbocycles. The van der Waals surface area contributed by atoms with Crippen molar-refractivity contribution in [3.05, 3.63) is 77.7 Å². The van der Waals surface area contributed by atoms with E-state index in [2.05, 4.69) is 9.97 Å². The molecule has 26 heavy (non-hydrogen) atoms. The van der Waals surface area contributed by atoms with E-state index in [-0.39, 0.29) is 5.82 Å². The van der Waals surface area contributed by atoms with Crippen molar-refractivity contribution in [2.24, 2.45) is 0 Å². The minimum absolute atomic E-state index is 0.342. The summed E-state index contributed by atoms with van der Waals surface area (Å²) in [5.41, 5.74) is 6.58. The number of nitrogens with one attached hydrogen (secondary N) is 1. The number of aldehydes is 1. The van der Waals surface area contributed by atoms with E-state index in [0.717, 1.165) is 39.8 Å². The van der Waals surface area contributed by atoms with Crippen molar-refractivity contribution in [3.8, 4) is 22.4 Å². The van der Waals surface area contributed by atoms with Crippen LogP contribution in [0.5, 0.6) is 0 Å². The molecule has 0 atom stereocenters. The Kier molecular flexibility index (Phi) is 4.09. The maximum Gasteiger partial charge on any atom is 0.151 e. The van der Waals surface area contributed by atoms with Gasteiger partial charge in [-0.3, -0.25) is 0 Å². The highest BCUT2D eigenvalue weighted by Crippen LogP contribution is 2.28. The van der Waals surface area contributed by atoms with Crippen LogP contribution in [0.1, 0.15) is 11.3 Å². The minimum Gasteiger partial charge on any atom is -0.357 e. The topological polar surface area (TPSA) is 45.8 Å². The fourth-order valence-electron chi connectivity index (χ4n) is 3.12. The van der Waals surface area contributed by atoms with E-state index < -0.39 is 0 Å². The Balaban J connectivity index is 1.67. The number of fused-ring (bicyclic) bond motifs is 1. The number of aromatic amines is 1. The van der Waals surface area contributed by atoms with Crippen LogP contribution in [0.4, 0.5) is 4.39 Å². The second-order valence-electron chi connectivity index (χ2n) is 6.35. The number of aryl methyl sites for hydroxylation is 1. The molecule has 4 rings (SSSR count). The molecule has 4 aromatic rings. The Hall–Kier alpha value is -3.27. The minimum atomic E-state index is -0.342. The Bertz CT molecular complexity index is 1080. The van der Waals surface area contributed by atoms with Gasteiger partial charge < -0.3 is 9.78 Å². The molecular formula is C22H17FN2O. The smallest absolute Gasteiger partial charge is 0.151 e. The number of rotatable bonds is 4. The summed E-state index contributed by atoms with van der Waals surface area (Å²) in [6, 6.07) is 18.9. The molecule has 0 spiro atoms. The molecule has 0 unspecified atom stereocenters. The van der Waals surface area contributed by atoms with E-state index in [1.165, 1.54) is 6.07 Å². The molecule has 0 aliphatic rings. The lowest BCUT2D eigenvalue weighted by molar-refractivity contribution is -0.107. The number of carbonyl (C=O) groups is 1. The number of aromatic nitrogens is 2. The molecule has 0 radical (unpaired) electrons. The zero-order valence-corrected chi connectivity index (χ0v) is 14.3. The Morgan fingerprint density at radius 2 is 1.58 bits per heavy atom. The standard InChI is InChI=1S/C22H17FN2O/c1-14-12-20-21(24-14)13-19(23)22(25-20)18-8-6-17(7-9-18)16-4-2-15(3-5-16)10-11-26/h2-9,11-13,24H,10H2,1H3. The second-order valence-corrected chi connectivity index (χ2v) is 6.35. The third kappa shape index (κ3) is 3.02. The van der Waals surface area contributed by atoms with Gasteiger partial charge in [0.2, 0.25) is 0 Å². The normalized spacial score (nSPS) is 11.0. The Morgan fingerprint density at radius 1 is 0.962 bits per heavy atom. The fourth-order valence-corrected chi connectivity index (χ4v) is 3.12. The van der Waals surface area contributed by atoms with Crippen molar-refractivity contribution in [1.29, 1.82) is 0 Å². The summed E-state index contributed by atoms with van der Waals surface area (Å²) in [5, 5.41) is 0. The summed E-state index contributed by atoms with van der Waals surface area (Å²) in [5.74, 6) is -0.342. The van der Waals surface area contributed by atoms with Gasteiger partial charge in [-0.25, -0.2) is 9.37 Å². The molecule has 4 heteroatoms. The van der Waals surface area contributed by atoms with Gasteiger partial charge in [0.25, 0.3) is 0 Å². The molecule has 2 heterocycles. The van der Waals surface area contributed by atoms with Crippen molar-refractivity contribution in [2.45, 2.75) is 13.3 Å². The zero-order valence-electron chi connectivity index (χ0n) is 14.3. The van der Waals surface area contributed by atoms with Crippen molar-refractivity contribution in [3.63, 3.8) is 0 Å². The highest BCUT2D eigenvalue weighted by atomic mass is 19.1. The Morgan fingerprint density at radius 3 is 2.23 bits per heavy atom. The summed E-state index contributed by atoms with van der Waals surface area (Å²) in [6.45, 7) is 1.93. The molecule has 0 saturated carbocycles. The van der Waals surface area contributed by atoms with Crippen LogP contribution in [0.2, 0.25) is 0 Å². The van der Waals surface area contributed by atoms with Gasteiger partial charge in [-0.1, -0.05) is 48.5 Å². The van der Waals surface area contributed by atoms with E-state index >= 15 is 0 Å². The van der Waals surface area contributed by atoms with E-state index in [9.17, 15) is 9.18 Å². The van der Waals surface area contributed by atoms with Crippen LogP contribution in [-0.4, -0.2) is 16.3 Å². The van der Waals surface area contributed by atoms with E-state index in [1.807, 2.05) is 61.5 Å². The summed E-state index contributed by atoms with van der Waals surface area (Å²) in [6.07, 6.45) is 1.32. The van der Waals surface area contributed by atoms with Gasteiger partial charge in [0.15, 0.2) is 5.82 Å². The fraction of sp³-hybridized carbons (Fsp3) is 0.0909. The first-order valence-electron chi connectivity index (χ1n) is 8.43. The van der Waals surface area contributed by atoms with Crippen LogP contribution in [0.15, 0.2) is 60.7 Å². The van der Waals surface area contributed by atoms with Crippen LogP contribution in [0.25, 0.3) is 33.4 Å². The summed E-state index contributed by atoms with van der Waals surface area (Å²) >= 11 is 0. The lowest BCUT2D eigenvalue weighted by Gasteiger charge is -2.06. The van der Waals surface area contributed by atoms with Gasteiger partial charge in [0.05, 0.1) is 11.0 Å². The molecule has 0 saturated heterocycles. The van der Waals surface area contributed by atoms with Gasteiger partial charge in [-0.15, -0.1) is 0 Å². The monoisotopic (exact) mass is 344 g/mol. The van der Waals surface area contributed by atoms with Gasteiger partial charge in [0.1, 0.15) is 12.0 Å². The molecule has 2 aromatic heterocycles. The molecule has 3 nitrogen and oxygen atoms in total. The third-order valence-corrected chi connectivity index (χ3v) is 4.46. The highest BCUT2D eigenvalue weighted by molar-refractivity contribution is 5.80. The maximum absolute atomic E-state index is 14.4. The number of pyridine rings is 1. The third-order valence-electron chi connectivity index (χ3n) is 4.46. The number of nitrogens with zero attached hydrogens (tertiary/aromatic N) is 1. The SMILES string of the molecule is Cc1cc2nc(-c3ccc(-c4ccc(CC=O)cc4)cc3)c(F)cc2[nH]1. The lowest BCUT2D eigenvalue weighted by Crippen LogP contribution is -1.90. The van der Waals surface area contributed by atoms with Gasteiger partial charge >= 0.3 is 0 Å². The highest BCUT2D eigenvalue weighted by Gasteiger charge is 2.11. The van der Waals surface area contributed by atoms with Crippen LogP contribution in [0.3, 0.4) is 0 Å². The summed E-state index contributed by atoms with van der Waals surface area (Å²) < 4.78 is 14.4. The largest absolute Gasteiger partial charge is 0.357 e. The average molecular weight is 344 g/mol. The van der Waals surface area contributed by atoms with Crippen LogP contribution in [-0.2, 0) is 11.2 Å². The molecule has 128 valence electrons. The lowest BCUT2D eigenvalue weighted by atomic mass is 10.0. The molecular weight excluding hydrogens is 327 g/mol. The van der Waals surface area contributed by atoms with Gasteiger partial charge in [-0.2, -0.15) is 0 Å². The number of halogens is 1. The zero-order chi connectivity index (χ0) is 18.1. The number of hydrogen-bond donors (Lipinski definition) is 1. The number of hydrogen-bond acceptors (Lipinski definition) is 2. The first-order chi connectivity index (χ1) is 12.6. The first-order valence-corrected chi connectivity index (χ1v) is 8.43. The van der Waals surface area contributed by atoms with Crippen molar-refractivity contribution in [1.82, 2.24) is 9.97 Å². The molecule has 0 fully saturated rings. The van der Waals surface area contributed by atoms with E-state index in [0.29, 0.717) is 17.6 Å². The molecule has 0 amide bonds. The maximum atomic E-state index is 14.4. The van der Waals surface area contributed by atoms with Crippen LogP contribution < -0.4 is 0 Å². The summed E-state index contributed by atoms with van der Waals surface area (Å²) in [7, 11) is 0. The Labute approximate surface area is 150 Å². The average Bonchev–Trinajstić information content (AvgIpc) is 3.01. The predicted octanol–water partition coefficient (Wildman–Crippen LogP) is 5.09. The number of benzene rings is 2. The summed E-state index contributed by atoms with van der Waals surface area (Å²) in [4.78, 5) is 18.1. The van der Waals surface area contributed by atoms with Crippen molar-refractivity contribution in [2.75, 3.05) is 0 Å². The second kappa shape index (κ2) is 6.56. The molecule has 2 aromatic carbocycles. The first kappa shape index (κ1) is 16.2. The molecule has 0 bridgehead atoms. The van der Waals surface area contributed by atoms with Gasteiger partial charge in [-0.05, 0) is 29.7 Å². The predicted molar refractivity (Wildman–Crippen MR) is 101 cm³/mol.